The van der Waals surface area contributed by atoms with Crippen LogP contribution < -0.4 is 10.6 Å². The molecule has 0 unspecified atom stereocenters. The van der Waals surface area contributed by atoms with E-state index in [2.05, 4.69) is 24.9 Å². The van der Waals surface area contributed by atoms with Gasteiger partial charge in [-0.15, -0.1) is 0 Å². The molecule has 1 rings (SSSR count). The Bertz CT molecular complexity index is 481. The third-order valence-electron chi connectivity index (χ3n) is 2.42. The maximum Gasteiger partial charge on any atom is 0.165 e. The molecule has 0 aliphatic carbocycles. The number of nitriles is 2. The highest BCUT2D eigenvalue weighted by molar-refractivity contribution is 5.55. The van der Waals surface area contributed by atoms with Crippen LogP contribution in [-0.4, -0.2) is 18.1 Å². The van der Waals surface area contributed by atoms with Gasteiger partial charge in [-0.1, -0.05) is 13.8 Å². The first-order valence-corrected chi connectivity index (χ1v) is 5.87. The second kappa shape index (κ2) is 6.46. The lowest BCUT2D eigenvalue weighted by atomic mass is 10.2. The number of pyridine rings is 1. The van der Waals surface area contributed by atoms with E-state index in [-0.39, 0.29) is 5.69 Å². The van der Waals surface area contributed by atoms with Crippen molar-refractivity contribution in [2.24, 2.45) is 5.92 Å². The summed E-state index contributed by atoms with van der Waals surface area (Å²) in [5.74, 6) is 1.15. The summed E-state index contributed by atoms with van der Waals surface area (Å²) in [6.45, 7) is 5.60. The van der Waals surface area contributed by atoms with Gasteiger partial charge < -0.3 is 10.6 Å². The molecule has 94 valence electrons. The van der Waals surface area contributed by atoms with Crippen LogP contribution in [0.2, 0.25) is 0 Å². The Hall–Kier alpha value is -2.27. The first-order chi connectivity index (χ1) is 8.58. The monoisotopic (exact) mass is 243 g/mol. The number of nitrogens with zero attached hydrogens (tertiary/aromatic N) is 4. The number of anilines is 2. The van der Waals surface area contributed by atoms with Crippen molar-refractivity contribution in [3.8, 4) is 12.1 Å². The van der Waals surface area contributed by atoms with E-state index in [1.165, 1.54) is 0 Å². The topological polar surface area (TPSA) is 89.7 Å². The van der Waals surface area contributed by atoms with E-state index in [4.69, 9.17) is 16.3 Å². The molecule has 2 N–H and O–H groups in total. The predicted octanol–water partition coefficient (Wildman–Crippen LogP) is 1.91. The third kappa shape index (κ3) is 3.64. The number of rotatable bonds is 5. The molecule has 0 amide bonds. The van der Waals surface area contributed by atoms with Crippen LogP contribution in [0.3, 0.4) is 0 Å². The van der Waals surface area contributed by atoms with E-state index in [0.29, 0.717) is 30.4 Å². The van der Waals surface area contributed by atoms with Crippen molar-refractivity contribution >= 4 is 11.5 Å². The Balaban J connectivity index is 2.98. The highest BCUT2D eigenvalue weighted by atomic mass is 15.2. The van der Waals surface area contributed by atoms with Crippen molar-refractivity contribution in [3.05, 3.63) is 17.8 Å². The number of nitrogens with two attached hydrogens (primary N) is 1. The highest BCUT2D eigenvalue weighted by Crippen LogP contribution is 2.17. The summed E-state index contributed by atoms with van der Waals surface area (Å²) >= 11 is 0. The van der Waals surface area contributed by atoms with Gasteiger partial charge in [-0.05, 0) is 18.1 Å². The molecule has 0 bridgehead atoms. The minimum Gasteiger partial charge on any atom is -0.396 e. The van der Waals surface area contributed by atoms with E-state index in [1.807, 2.05) is 11.0 Å². The number of hydrogen-bond donors (Lipinski definition) is 1. The summed E-state index contributed by atoms with van der Waals surface area (Å²) in [5.41, 5.74) is 6.26. The molecule has 0 saturated carbocycles. The Labute approximate surface area is 107 Å². The molecule has 0 aliphatic rings. The molecule has 0 aromatic carbocycles. The van der Waals surface area contributed by atoms with Gasteiger partial charge in [-0.2, -0.15) is 10.5 Å². The van der Waals surface area contributed by atoms with Crippen molar-refractivity contribution < 1.29 is 0 Å². The van der Waals surface area contributed by atoms with Gasteiger partial charge in [0, 0.05) is 13.1 Å². The molecule has 1 aromatic heterocycles. The maximum absolute atomic E-state index is 8.92. The van der Waals surface area contributed by atoms with E-state index < -0.39 is 0 Å². The second-order valence-corrected chi connectivity index (χ2v) is 4.47. The zero-order valence-corrected chi connectivity index (χ0v) is 10.7. The summed E-state index contributed by atoms with van der Waals surface area (Å²) in [6, 6.07) is 7.56. The van der Waals surface area contributed by atoms with Crippen molar-refractivity contribution in [1.29, 1.82) is 10.5 Å². The van der Waals surface area contributed by atoms with Gasteiger partial charge in [0.05, 0.1) is 18.2 Å². The number of hydrogen-bond acceptors (Lipinski definition) is 5. The predicted molar refractivity (Wildman–Crippen MR) is 70.6 cm³/mol. The van der Waals surface area contributed by atoms with Crippen molar-refractivity contribution in [3.63, 3.8) is 0 Å². The van der Waals surface area contributed by atoms with Crippen LogP contribution in [0.25, 0.3) is 0 Å². The van der Waals surface area contributed by atoms with E-state index in [0.717, 1.165) is 6.54 Å². The summed E-state index contributed by atoms with van der Waals surface area (Å²) in [4.78, 5) is 6.24. The minimum atomic E-state index is 0.234. The summed E-state index contributed by atoms with van der Waals surface area (Å²) in [7, 11) is 0. The van der Waals surface area contributed by atoms with Crippen LogP contribution in [0.4, 0.5) is 11.5 Å². The van der Waals surface area contributed by atoms with Gasteiger partial charge in [0.2, 0.25) is 0 Å². The normalized spacial score (nSPS) is 9.83. The Morgan fingerprint density at radius 3 is 2.67 bits per heavy atom. The molecule has 5 heteroatoms. The Morgan fingerprint density at radius 1 is 1.39 bits per heavy atom. The molecule has 0 aliphatic heterocycles. The number of aromatic nitrogens is 1. The lowest BCUT2D eigenvalue weighted by Gasteiger charge is -2.24. The van der Waals surface area contributed by atoms with Crippen LogP contribution in [0.1, 0.15) is 26.0 Å². The molecule has 0 radical (unpaired) electrons. The van der Waals surface area contributed by atoms with Gasteiger partial charge in [0.15, 0.2) is 5.69 Å². The molecular formula is C13H17N5. The standard InChI is InChI=1S/C13H17N5/c1-10(2)9-18(7-3-6-14)13-5-4-11(16)12(8-15)17-13/h4-5,10H,3,7,9,16H2,1-2H3. The number of nitrogen functional groups attached to an aromatic ring is 1. The van der Waals surface area contributed by atoms with Crippen molar-refractivity contribution in [2.75, 3.05) is 23.7 Å². The lowest BCUT2D eigenvalue weighted by molar-refractivity contribution is 0.607. The fraction of sp³-hybridized carbons (Fsp3) is 0.462. The molecule has 0 atom stereocenters. The van der Waals surface area contributed by atoms with Gasteiger partial charge >= 0.3 is 0 Å². The van der Waals surface area contributed by atoms with E-state index in [1.54, 1.807) is 12.1 Å². The van der Waals surface area contributed by atoms with Crippen molar-refractivity contribution in [1.82, 2.24) is 4.98 Å². The lowest BCUT2D eigenvalue weighted by Crippen LogP contribution is -2.29. The average molecular weight is 243 g/mol. The Morgan fingerprint density at radius 2 is 2.11 bits per heavy atom. The molecule has 5 nitrogen and oxygen atoms in total. The summed E-state index contributed by atoms with van der Waals surface area (Å²) in [5, 5.41) is 17.6. The van der Waals surface area contributed by atoms with Gasteiger partial charge in [-0.3, -0.25) is 0 Å². The quantitative estimate of drug-likeness (QED) is 0.853. The largest absolute Gasteiger partial charge is 0.396 e. The average Bonchev–Trinajstić information content (AvgIpc) is 2.34. The summed E-state index contributed by atoms with van der Waals surface area (Å²) in [6.07, 6.45) is 0.431. The molecule has 1 heterocycles. The summed E-state index contributed by atoms with van der Waals surface area (Å²) < 4.78 is 0. The van der Waals surface area contributed by atoms with E-state index >= 15 is 0 Å². The molecule has 18 heavy (non-hydrogen) atoms. The van der Waals surface area contributed by atoms with Gasteiger partial charge in [0.25, 0.3) is 0 Å². The van der Waals surface area contributed by atoms with E-state index in [9.17, 15) is 0 Å². The maximum atomic E-state index is 8.92. The van der Waals surface area contributed by atoms with Crippen molar-refractivity contribution in [2.45, 2.75) is 20.3 Å². The minimum absolute atomic E-state index is 0.234. The third-order valence-corrected chi connectivity index (χ3v) is 2.42. The zero-order chi connectivity index (χ0) is 13.5. The SMILES string of the molecule is CC(C)CN(CCC#N)c1ccc(N)c(C#N)n1. The molecular weight excluding hydrogens is 226 g/mol. The smallest absolute Gasteiger partial charge is 0.165 e. The van der Waals surface area contributed by atoms with Crippen LogP contribution in [0.15, 0.2) is 12.1 Å². The second-order valence-electron chi connectivity index (χ2n) is 4.47. The van der Waals surface area contributed by atoms with Gasteiger partial charge in [0.1, 0.15) is 11.9 Å². The van der Waals surface area contributed by atoms with Crippen LogP contribution >= 0.6 is 0 Å². The molecule has 0 fully saturated rings. The first kappa shape index (κ1) is 13.8. The van der Waals surface area contributed by atoms with Crippen LogP contribution in [0.5, 0.6) is 0 Å². The molecule has 0 spiro atoms. The zero-order valence-electron chi connectivity index (χ0n) is 10.7. The Kier molecular flexibility index (Phi) is 4.95. The van der Waals surface area contributed by atoms with Crippen LogP contribution in [-0.2, 0) is 0 Å². The highest BCUT2D eigenvalue weighted by Gasteiger charge is 2.11. The fourth-order valence-corrected chi connectivity index (χ4v) is 1.65. The fourth-order valence-electron chi connectivity index (χ4n) is 1.65. The van der Waals surface area contributed by atoms with Gasteiger partial charge in [-0.25, -0.2) is 4.98 Å². The van der Waals surface area contributed by atoms with Crippen LogP contribution in [0, 0.1) is 28.6 Å². The molecule has 1 aromatic rings. The first-order valence-electron chi connectivity index (χ1n) is 5.87. The molecule has 0 saturated heterocycles.